The first-order chi connectivity index (χ1) is 23.4. The Bertz CT molecular complexity index is 680. The minimum Gasteiger partial charge on any atom is -0.463 e. The number of aliphatic hydroxyl groups excluding tert-OH is 1. The van der Waals surface area contributed by atoms with Crippen LogP contribution in [0.15, 0.2) is 0 Å². The van der Waals surface area contributed by atoms with Crippen LogP contribution >= 0.6 is 0 Å². The standard InChI is InChI=1S/C43H84O5/c1-5-39(3)33-29-25-21-17-15-13-11-9-7-8-10-12-14-16-18-23-27-31-35-42(45)47-37-41(44)38-48-43(46)36-32-28-24-20-19-22-26-30-34-40(4)6-2/h39-41,44H,5-38H2,1-4H3/t39?,40?,41-/m0/s1. The summed E-state index contributed by atoms with van der Waals surface area (Å²) in [5.41, 5.74) is 0. The second-order valence-electron chi connectivity index (χ2n) is 15.3. The average molecular weight is 681 g/mol. The average Bonchev–Trinajstić information content (AvgIpc) is 3.09. The second-order valence-corrected chi connectivity index (χ2v) is 15.3. The van der Waals surface area contributed by atoms with Crippen LogP contribution in [0.4, 0.5) is 0 Å². The van der Waals surface area contributed by atoms with Crippen LogP contribution in [0.2, 0.25) is 0 Å². The van der Waals surface area contributed by atoms with Gasteiger partial charge in [0.15, 0.2) is 0 Å². The van der Waals surface area contributed by atoms with E-state index in [1.54, 1.807) is 0 Å². The van der Waals surface area contributed by atoms with Gasteiger partial charge in [0, 0.05) is 12.8 Å². The lowest BCUT2D eigenvalue weighted by molar-refractivity contribution is -0.152. The first kappa shape index (κ1) is 46.9. The van der Waals surface area contributed by atoms with Crippen LogP contribution in [0.1, 0.15) is 233 Å². The molecule has 48 heavy (non-hydrogen) atoms. The minimum absolute atomic E-state index is 0.109. The Labute approximate surface area is 299 Å². The number of hydrogen-bond donors (Lipinski definition) is 1. The molecule has 0 aliphatic heterocycles. The molecular weight excluding hydrogens is 596 g/mol. The summed E-state index contributed by atoms with van der Waals surface area (Å²) < 4.78 is 10.3. The first-order valence-electron chi connectivity index (χ1n) is 21.4. The van der Waals surface area contributed by atoms with Gasteiger partial charge in [-0.1, -0.05) is 207 Å². The van der Waals surface area contributed by atoms with E-state index >= 15 is 0 Å². The lowest BCUT2D eigenvalue weighted by Crippen LogP contribution is -2.25. The molecule has 0 bridgehead atoms. The molecule has 0 heterocycles. The summed E-state index contributed by atoms with van der Waals surface area (Å²) in [7, 11) is 0. The Kier molecular flexibility index (Phi) is 36.3. The zero-order chi connectivity index (χ0) is 35.3. The van der Waals surface area contributed by atoms with Crippen molar-refractivity contribution < 1.29 is 24.2 Å². The van der Waals surface area contributed by atoms with E-state index in [-0.39, 0.29) is 25.2 Å². The molecule has 0 saturated carbocycles. The zero-order valence-electron chi connectivity index (χ0n) is 32.9. The number of esters is 2. The van der Waals surface area contributed by atoms with Gasteiger partial charge in [-0.05, 0) is 24.7 Å². The smallest absolute Gasteiger partial charge is 0.305 e. The Hall–Kier alpha value is -1.10. The Balaban J connectivity index is 3.36. The number of carbonyl (C=O) groups excluding carboxylic acids is 2. The monoisotopic (exact) mass is 681 g/mol. The van der Waals surface area contributed by atoms with Gasteiger partial charge in [0.2, 0.25) is 0 Å². The van der Waals surface area contributed by atoms with Crippen LogP contribution in [0, 0.1) is 11.8 Å². The molecule has 1 N–H and O–H groups in total. The largest absolute Gasteiger partial charge is 0.463 e. The van der Waals surface area contributed by atoms with Crippen molar-refractivity contribution in [1.29, 1.82) is 0 Å². The molecule has 5 heteroatoms. The summed E-state index contributed by atoms with van der Waals surface area (Å²) in [6, 6.07) is 0. The van der Waals surface area contributed by atoms with Gasteiger partial charge >= 0.3 is 11.9 Å². The maximum absolute atomic E-state index is 12.0. The van der Waals surface area contributed by atoms with Gasteiger partial charge in [-0.2, -0.15) is 0 Å². The first-order valence-corrected chi connectivity index (χ1v) is 21.4. The molecule has 2 unspecified atom stereocenters. The van der Waals surface area contributed by atoms with Crippen molar-refractivity contribution in [2.24, 2.45) is 11.8 Å². The van der Waals surface area contributed by atoms with Crippen LogP contribution in [0.25, 0.3) is 0 Å². The van der Waals surface area contributed by atoms with E-state index in [4.69, 9.17) is 9.47 Å². The van der Waals surface area contributed by atoms with Crippen molar-refractivity contribution in [2.45, 2.75) is 239 Å². The van der Waals surface area contributed by atoms with Gasteiger partial charge in [-0.25, -0.2) is 0 Å². The fourth-order valence-corrected chi connectivity index (χ4v) is 6.39. The third kappa shape index (κ3) is 36.2. The molecule has 0 amide bonds. The summed E-state index contributed by atoms with van der Waals surface area (Å²) in [5, 5.41) is 10.0. The summed E-state index contributed by atoms with van der Waals surface area (Å²) in [6.45, 7) is 9.08. The number of ether oxygens (including phenoxy) is 2. The topological polar surface area (TPSA) is 72.8 Å². The van der Waals surface area contributed by atoms with Crippen LogP contribution < -0.4 is 0 Å². The SMILES string of the molecule is CCC(C)CCCCCCCCCCCCCCCCCCCCC(=O)OC[C@H](O)COC(=O)CCCCCCCCCCC(C)CC. The molecule has 286 valence electrons. The Morgan fingerprint density at radius 2 is 0.646 bits per heavy atom. The van der Waals surface area contributed by atoms with E-state index in [2.05, 4.69) is 27.7 Å². The fourth-order valence-electron chi connectivity index (χ4n) is 6.39. The summed E-state index contributed by atoms with van der Waals surface area (Å²) in [6.07, 6.45) is 38.7. The molecule has 0 aromatic carbocycles. The van der Waals surface area contributed by atoms with Gasteiger partial charge in [-0.15, -0.1) is 0 Å². The zero-order valence-corrected chi connectivity index (χ0v) is 32.9. The summed E-state index contributed by atoms with van der Waals surface area (Å²) in [4.78, 5) is 23.9. The van der Waals surface area contributed by atoms with Gasteiger partial charge in [0.1, 0.15) is 19.3 Å². The summed E-state index contributed by atoms with van der Waals surface area (Å²) in [5.74, 6) is 1.22. The highest BCUT2D eigenvalue weighted by Gasteiger charge is 2.12. The summed E-state index contributed by atoms with van der Waals surface area (Å²) >= 11 is 0. The van der Waals surface area contributed by atoms with E-state index in [9.17, 15) is 14.7 Å². The fraction of sp³-hybridized carbons (Fsp3) is 0.953. The van der Waals surface area contributed by atoms with E-state index < -0.39 is 6.10 Å². The van der Waals surface area contributed by atoms with Crippen molar-refractivity contribution >= 4 is 11.9 Å². The highest BCUT2D eigenvalue weighted by Crippen LogP contribution is 2.17. The van der Waals surface area contributed by atoms with Crippen molar-refractivity contribution in [3.05, 3.63) is 0 Å². The highest BCUT2D eigenvalue weighted by atomic mass is 16.6. The number of hydrogen-bond acceptors (Lipinski definition) is 5. The molecule has 0 aromatic heterocycles. The van der Waals surface area contributed by atoms with Crippen LogP contribution in [0.3, 0.4) is 0 Å². The van der Waals surface area contributed by atoms with Crippen molar-refractivity contribution in [2.75, 3.05) is 13.2 Å². The molecule has 0 aliphatic carbocycles. The molecule has 0 fully saturated rings. The van der Waals surface area contributed by atoms with Crippen molar-refractivity contribution in [3.8, 4) is 0 Å². The molecule has 3 atom stereocenters. The normalized spacial score (nSPS) is 13.4. The molecule has 0 aliphatic rings. The van der Waals surface area contributed by atoms with Crippen molar-refractivity contribution in [1.82, 2.24) is 0 Å². The lowest BCUT2D eigenvalue weighted by Gasteiger charge is -2.12. The molecule has 0 radical (unpaired) electrons. The molecular formula is C43H84O5. The molecule has 0 aromatic rings. The maximum atomic E-state index is 12.0. The molecule has 0 saturated heterocycles. The number of carbonyl (C=O) groups is 2. The maximum Gasteiger partial charge on any atom is 0.305 e. The minimum atomic E-state index is -0.956. The Morgan fingerprint density at radius 1 is 0.417 bits per heavy atom. The quantitative estimate of drug-likeness (QED) is 0.0519. The predicted molar refractivity (Wildman–Crippen MR) is 205 cm³/mol. The van der Waals surface area contributed by atoms with Gasteiger partial charge < -0.3 is 14.6 Å². The molecule has 0 rings (SSSR count). The molecule has 0 spiro atoms. The van der Waals surface area contributed by atoms with Crippen molar-refractivity contribution in [3.63, 3.8) is 0 Å². The predicted octanol–water partition coefficient (Wildman–Crippen LogP) is 13.2. The third-order valence-corrected chi connectivity index (χ3v) is 10.4. The van der Waals surface area contributed by atoms with Gasteiger partial charge in [0.25, 0.3) is 0 Å². The van der Waals surface area contributed by atoms with Crippen LogP contribution in [-0.2, 0) is 19.1 Å². The van der Waals surface area contributed by atoms with Crippen LogP contribution in [0.5, 0.6) is 0 Å². The van der Waals surface area contributed by atoms with E-state index in [0.717, 1.165) is 43.9 Å². The van der Waals surface area contributed by atoms with E-state index in [1.165, 1.54) is 161 Å². The Morgan fingerprint density at radius 3 is 0.896 bits per heavy atom. The van der Waals surface area contributed by atoms with E-state index in [0.29, 0.717) is 12.8 Å². The lowest BCUT2D eigenvalue weighted by atomic mass is 9.99. The number of rotatable bonds is 38. The van der Waals surface area contributed by atoms with E-state index in [1.807, 2.05) is 0 Å². The molecule has 5 nitrogen and oxygen atoms in total. The van der Waals surface area contributed by atoms with Gasteiger partial charge in [0.05, 0.1) is 0 Å². The number of unbranched alkanes of at least 4 members (excludes halogenated alkanes) is 24. The van der Waals surface area contributed by atoms with Gasteiger partial charge in [-0.3, -0.25) is 9.59 Å². The third-order valence-electron chi connectivity index (χ3n) is 10.4. The van der Waals surface area contributed by atoms with Crippen LogP contribution in [-0.4, -0.2) is 36.4 Å². The second kappa shape index (κ2) is 37.2. The number of aliphatic hydroxyl groups is 1. The highest BCUT2D eigenvalue weighted by molar-refractivity contribution is 5.69.